The van der Waals surface area contributed by atoms with Gasteiger partial charge >= 0.3 is 6.18 Å². The van der Waals surface area contributed by atoms with Gasteiger partial charge in [-0.3, -0.25) is 0 Å². The number of piperidine rings is 1. The molecule has 0 bridgehead atoms. The minimum atomic E-state index is -4.42. The molecule has 2 aliphatic rings. The lowest BCUT2D eigenvalue weighted by Crippen LogP contribution is -2.37. The van der Waals surface area contributed by atoms with Crippen molar-refractivity contribution in [3.8, 4) is 0 Å². The second-order valence-corrected chi connectivity index (χ2v) is 6.17. The van der Waals surface area contributed by atoms with Gasteiger partial charge in [0.1, 0.15) is 5.69 Å². The Balaban J connectivity index is 1.83. The topological polar surface area (TPSA) is 32.3 Å². The molecular formula is C14H19F3N4. The number of aryl methyl sites for hydroxylation is 1. The Bertz CT molecular complexity index is 531. The fourth-order valence-electron chi connectivity index (χ4n) is 3.35. The standard InChI is InChI=1S/C14H19F3N4/c1-9-5-12(14(15,16)17)19-13(18-9)21-7-10-3-4-20(2)6-11(10)8-21/h5,10-11H,3-4,6-8H2,1-2H3/t10-,11+/m1/s1. The Morgan fingerprint density at radius 3 is 2.57 bits per heavy atom. The molecule has 2 fully saturated rings. The zero-order chi connectivity index (χ0) is 15.2. The van der Waals surface area contributed by atoms with E-state index >= 15 is 0 Å². The zero-order valence-electron chi connectivity index (χ0n) is 12.2. The Morgan fingerprint density at radius 2 is 1.86 bits per heavy atom. The first kappa shape index (κ1) is 14.6. The van der Waals surface area contributed by atoms with Gasteiger partial charge in [-0.05, 0) is 44.8 Å². The zero-order valence-corrected chi connectivity index (χ0v) is 12.2. The minimum Gasteiger partial charge on any atom is -0.340 e. The van der Waals surface area contributed by atoms with Crippen LogP contribution in [0, 0.1) is 18.8 Å². The van der Waals surface area contributed by atoms with Crippen molar-refractivity contribution < 1.29 is 13.2 Å². The van der Waals surface area contributed by atoms with Gasteiger partial charge in [-0.2, -0.15) is 13.2 Å². The van der Waals surface area contributed by atoms with E-state index < -0.39 is 11.9 Å². The minimum absolute atomic E-state index is 0.222. The SMILES string of the molecule is Cc1cc(C(F)(F)F)nc(N2C[C@H]3CCN(C)C[C@H]3C2)n1. The molecule has 1 aromatic rings. The quantitative estimate of drug-likeness (QED) is 0.796. The summed E-state index contributed by atoms with van der Waals surface area (Å²) in [6, 6.07) is 1.00. The normalized spacial score (nSPS) is 27.0. The van der Waals surface area contributed by atoms with Crippen LogP contribution in [0.4, 0.5) is 19.1 Å². The van der Waals surface area contributed by atoms with Crippen molar-refractivity contribution >= 4 is 5.95 Å². The number of nitrogens with zero attached hydrogens (tertiary/aromatic N) is 4. The molecule has 4 nitrogen and oxygen atoms in total. The average molecular weight is 300 g/mol. The molecule has 2 aliphatic heterocycles. The maximum Gasteiger partial charge on any atom is 0.433 e. The van der Waals surface area contributed by atoms with E-state index in [0.29, 0.717) is 17.5 Å². The molecule has 1 aromatic heterocycles. The van der Waals surface area contributed by atoms with E-state index in [-0.39, 0.29) is 5.95 Å². The van der Waals surface area contributed by atoms with E-state index in [1.165, 1.54) is 0 Å². The van der Waals surface area contributed by atoms with Gasteiger partial charge in [0, 0.05) is 25.3 Å². The van der Waals surface area contributed by atoms with Crippen molar-refractivity contribution in [3.05, 3.63) is 17.5 Å². The number of alkyl halides is 3. The third-order valence-electron chi connectivity index (χ3n) is 4.42. The number of hydrogen-bond donors (Lipinski definition) is 0. The molecule has 0 radical (unpaired) electrons. The molecule has 2 saturated heterocycles. The van der Waals surface area contributed by atoms with E-state index in [1.54, 1.807) is 6.92 Å². The van der Waals surface area contributed by atoms with E-state index in [2.05, 4.69) is 21.9 Å². The van der Waals surface area contributed by atoms with Crippen molar-refractivity contribution in [2.45, 2.75) is 19.5 Å². The lowest BCUT2D eigenvalue weighted by Gasteiger charge is -2.31. The van der Waals surface area contributed by atoms with Gasteiger partial charge in [0.25, 0.3) is 0 Å². The molecule has 0 spiro atoms. The molecular weight excluding hydrogens is 281 g/mol. The van der Waals surface area contributed by atoms with Crippen molar-refractivity contribution in [1.29, 1.82) is 0 Å². The van der Waals surface area contributed by atoms with Crippen molar-refractivity contribution in [3.63, 3.8) is 0 Å². The van der Waals surface area contributed by atoms with Gasteiger partial charge in [-0.25, -0.2) is 9.97 Å². The summed E-state index contributed by atoms with van der Waals surface area (Å²) in [5, 5.41) is 0. The smallest absolute Gasteiger partial charge is 0.340 e. The van der Waals surface area contributed by atoms with Gasteiger partial charge in [0.05, 0.1) is 0 Å². The molecule has 0 amide bonds. The molecule has 116 valence electrons. The van der Waals surface area contributed by atoms with E-state index in [0.717, 1.165) is 38.7 Å². The van der Waals surface area contributed by atoms with Crippen molar-refractivity contribution in [1.82, 2.24) is 14.9 Å². The summed E-state index contributed by atoms with van der Waals surface area (Å²) in [7, 11) is 2.09. The Labute approximate surface area is 122 Å². The van der Waals surface area contributed by atoms with Crippen molar-refractivity contribution in [2.24, 2.45) is 11.8 Å². The first-order chi connectivity index (χ1) is 9.83. The Hall–Kier alpha value is -1.37. The van der Waals surface area contributed by atoms with Gasteiger partial charge in [0.2, 0.25) is 5.95 Å². The summed E-state index contributed by atoms with van der Waals surface area (Å²) in [5.41, 5.74) is -0.490. The first-order valence-corrected chi connectivity index (χ1v) is 7.19. The van der Waals surface area contributed by atoms with Crippen LogP contribution in [0.25, 0.3) is 0 Å². The highest BCUT2D eigenvalue weighted by atomic mass is 19.4. The van der Waals surface area contributed by atoms with E-state index in [9.17, 15) is 13.2 Å². The summed E-state index contributed by atoms with van der Waals surface area (Å²) in [4.78, 5) is 12.1. The summed E-state index contributed by atoms with van der Waals surface area (Å²) < 4.78 is 38.6. The number of fused-ring (bicyclic) bond motifs is 1. The number of anilines is 1. The number of hydrogen-bond acceptors (Lipinski definition) is 4. The molecule has 21 heavy (non-hydrogen) atoms. The second kappa shape index (κ2) is 5.12. The second-order valence-electron chi connectivity index (χ2n) is 6.17. The van der Waals surface area contributed by atoms with E-state index in [4.69, 9.17) is 0 Å². The van der Waals surface area contributed by atoms with Crippen LogP contribution < -0.4 is 4.90 Å². The lowest BCUT2D eigenvalue weighted by atomic mass is 9.89. The Kier molecular flexibility index (Phi) is 3.55. The highest BCUT2D eigenvalue weighted by molar-refractivity contribution is 5.35. The van der Waals surface area contributed by atoms with Crippen LogP contribution in [0.1, 0.15) is 17.8 Å². The van der Waals surface area contributed by atoms with Crippen LogP contribution in [-0.4, -0.2) is 48.1 Å². The summed E-state index contributed by atoms with van der Waals surface area (Å²) in [6.07, 6.45) is -3.33. The lowest BCUT2D eigenvalue weighted by molar-refractivity contribution is -0.141. The molecule has 0 unspecified atom stereocenters. The highest BCUT2D eigenvalue weighted by Crippen LogP contribution is 2.34. The molecule has 0 aromatic carbocycles. The average Bonchev–Trinajstić information content (AvgIpc) is 2.80. The highest BCUT2D eigenvalue weighted by Gasteiger charge is 2.38. The van der Waals surface area contributed by atoms with Crippen LogP contribution in [0.2, 0.25) is 0 Å². The number of likely N-dealkylation sites (tertiary alicyclic amines) is 1. The van der Waals surface area contributed by atoms with Crippen molar-refractivity contribution in [2.75, 3.05) is 38.1 Å². The molecule has 7 heteroatoms. The summed E-state index contributed by atoms with van der Waals surface area (Å²) >= 11 is 0. The fraction of sp³-hybridized carbons (Fsp3) is 0.714. The fourth-order valence-corrected chi connectivity index (χ4v) is 3.35. The largest absolute Gasteiger partial charge is 0.433 e. The number of rotatable bonds is 1. The van der Waals surface area contributed by atoms with Crippen LogP contribution in [0.3, 0.4) is 0 Å². The molecule has 0 N–H and O–H groups in total. The van der Waals surface area contributed by atoms with Gasteiger partial charge < -0.3 is 9.80 Å². The molecule has 3 rings (SSSR count). The van der Waals surface area contributed by atoms with Gasteiger partial charge in [0.15, 0.2) is 0 Å². The third kappa shape index (κ3) is 2.97. The van der Waals surface area contributed by atoms with Gasteiger partial charge in [-0.1, -0.05) is 0 Å². The summed E-state index contributed by atoms with van der Waals surface area (Å²) in [6.45, 7) is 5.14. The summed E-state index contributed by atoms with van der Waals surface area (Å²) in [5.74, 6) is 1.27. The molecule has 0 aliphatic carbocycles. The van der Waals surface area contributed by atoms with Crippen LogP contribution in [-0.2, 0) is 6.18 Å². The van der Waals surface area contributed by atoms with Crippen LogP contribution >= 0.6 is 0 Å². The molecule has 0 saturated carbocycles. The third-order valence-corrected chi connectivity index (χ3v) is 4.42. The first-order valence-electron chi connectivity index (χ1n) is 7.19. The maximum atomic E-state index is 12.9. The van der Waals surface area contributed by atoms with Crippen LogP contribution in [0.5, 0.6) is 0 Å². The van der Waals surface area contributed by atoms with E-state index in [1.807, 2.05) is 4.90 Å². The molecule has 2 atom stereocenters. The van der Waals surface area contributed by atoms with Gasteiger partial charge in [-0.15, -0.1) is 0 Å². The van der Waals surface area contributed by atoms with Crippen LogP contribution in [0.15, 0.2) is 6.07 Å². The maximum absolute atomic E-state index is 12.9. The number of aromatic nitrogens is 2. The monoisotopic (exact) mass is 300 g/mol. The number of halogens is 3. The predicted molar refractivity (Wildman–Crippen MR) is 73.1 cm³/mol. The molecule has 3 heterocycles. The predicted octanol–water partition coefficient (Wildman–Crippen LogP) is 2.19. The Morgan fingerprint density at radius 1 is 1.14 bits per heavy atom.